The third-order valence-electron chi connectivity index (χ3n) is 3.66. The van der Waals surface area contributed by atoms with Crippen LogP contribution in [0.15, 0.2) is 54.9 Å². The first-order valence-corrected chi connectivity index (χ1v) is 8.49. The van der Waals surface area contributed by atoms with Gasteiger partial charge in [0.05, 0.1) is 0 Å². The van der Waals surface area contributed by atoms with E-state index in [1.807, 2.05) is 36.4 Å². The number of anilines is 1. The standard InChI is InChI=1S/C19H18ClN5O/c1-13-24-17(19(26)23-12-15-6-8-21-9-7-15)10-18(25-13)22-11-14-2-4-16(20)5-3-14/h2-10H,11-12H2,1H3,(H,23,26)(H,22,24,25). The van der Waals surface area contributed by atoms with E-state index in [0.29, 0.717) is 35.4 Å². The zero-order chi connectivity index (χ0) is 18.4. The molecule has 0 saturated heterocycles. The highest BCUT2D eigenvalue weighted by Gasteiger charge is 2.10. The predicted octanol–water partition coefficient (Wildman–Crippen LogP) is 3.38. The number of nitrogens with one attached hydrogen (secondary N) is 2. The maximum absolute atomic E-state index is 12.4. The number of nitrogens with zero attached hydrogens (tertiary/aromatic N) is 3. The van der Waals surface area contributed by atoms with Crippen LogP contribution in [0.3, 0.4) is 0 Å². The molecule has 1 aromatic carbocycles. The molecule has 7 heteroatoms. The number of benzene rings is 1. The van der Waals surface area contributed by atoms with Crippen molar-refractivity contribution in [3.8, 4) is 0 Å². The number of halogens is 1. The van der Waals surface area contributed by atoms with Crippen molar-refractivity contribution in [1.29, 1.82) is 0 Å². The summed E-state index contributed by atoms with van der Waals surface area (Å²) in [4.78, 5) is 24.9. The molecule has 0 radical (unpaired) electrons. The van der Waals surface area contributed by atoms with Crippen LogP contribution in [0.2, 0.25) is 5.02 Å². The topological polar surface area (TPSA) is 79.8 Å². The van der Waals surface area contributed by atoms with Gasteiger partial charge in [0.1, 0.15) is 17.3 Å². The van der Waals surface area contributed by atoms with Crippen LogP contribution >= 0.6 is 11.6 Å². The minimum Gasteiger partial charge on any atom is -0.366 e. The van der Waals surface area contributed by atoms with Crippen molar-refractivity contribution in [2.24, 2.45) is 0 Å². The van der Waals surface area contributed by atoms with Crippen molar-refractivity contribution in [2.75, 3.05) is 5.32 Å². The summed E-state index contributed by atoms with van der Waals surface area (Å²) >= 11 is 5.89. The van der Waals surface area contributed by atoms with Crippen LogP contribution in [0.4, 0.5) is 5.82 Å². The molecular formula is C19H18ClN5O. The lowest BCUT2D eigenvalue weighted by Gasteiger charge is -2.09. The lowest BCUT2D eigenvalue weighted by atomic mass is 10.2. The van der Waals surface area contributed by atoms with Gasteiger partial charge in [-0.2, -0.15) is 0 Å². The number of amides is 1. The van der Waals surface area contributed by atoms with Crippen LogP contribution in [0.1, 0.15) is 27.4 Å². The molecular weight excluding hydrogens is 350 g/mol. The molecule has 0 atom stereocenters. The van der Waals surface area contributed by atoms with Gasteiger partial charge in [0.15, 0.2) is 0 Å². The van der Waals surface area contributed by atoms with Crippen LogP contribution in [0, 0.1) is 6.92 Å². The van der Waals surface area contributed by atoms with Gasteiger partial charge in [-0.15, -0.1) is 0 Å². The normalized spacial score (nSPS) is 10.4. The van der Waals surface area contributed by atoms with Gasteiger partial charge in [0.2, 0.25) is 0 Å². The first-order valence-electron chi connectivity index (χ1n) is 8.11. The molecule has 26 heavy (non-hydrogen) atoms. The van der Waals surface area contributed by atoms with E-state index < -0.39 is 0 Å². The van der Waals surface area contributed by atoms with Gasteiger partial charge in [0.25, 0.3) is 5.91 Å². The number of pyridine rings is 1. The Balaban J connectivity index is 1.64. The Morgan fingerprint density at radius 1 is 1.00 bits per heavy atom. The highest BCUT2D eigenvalue weighted by Crippen LogP contribution is 2.12. The summed E-state index contributed by atoms with van der Waals surface area (Å²) < 4.78 is 0. The predicted molar refractivity (Wildman–Crippen MR) is 101 cm³/mol. The molecule has 0 bridgehead atoms. The molecule has 1 amide bonds. The lowest BCUT2D eigenvalue weighted by Crippen LogP contribution is -2.24. The highest BCUT2D eigenvalue weighted by atomic mass is 35.5. The number of hydrogen-bond acceptors (Lipinski definition) is 5. The Hall–Kier alpha value is -2.99. The minimum atomic E-state index is -0.248. The molecule has 2 N–H and O–H groups in total. The summed E-state index contributed by atoms with van der Waals surface area (Å²) in [5.74, 6) is 0.878. The van der Waals surface area contributed by atoms with Crippen LogP contribution in [-0.2, 0) is 13.1 Å². The van der Waals surface area contributed by atoms with Crippen molar-refractivity contribution in [2.45, 2.75) is 20.0 Å². The Labute approximate surface area is 156 Å². The van der Waals surface area contributed by atoms with Gasteiger partial charge >= 0.3 is 0 Å². The Bertz CT molecular complexity index is 884. The van der Waals surface area contributed by atoms with E-state index in [1.165, 1.54) is 0 Å². The van der Waals surface area contributed by atoms with E-state index in [4.69, 9.17) is 11.6 Å². The highest BCUT2D eigenvalue weighted by molar-refractivity contribution is 6.30. The monoisotopic (exact) mass is 367 g/mol. The molecule has 132 valence electrons. The fraction of sp³-hybridized carbons (Fsp3) is 0.158. The summed E-state index contributed by atoms with van der Waals surface area (Å²) in [5.41, 5.74) is 2.36. The second kappa shape index (κ2) is 8.40. The first-order chi connectivity index (χ1) is 12.6. The lowest BCUT2D eigenvalue weighted by molar-refractivity contribution is 0.0945. The van der Waals surface area contributed by atoms with Crippen LogP contribution in [0.25, 0.3) is 0 Å². The molecule has 0 aliphatic heterocycles. The minimum absolute atomic E-state index is 0.248. The van der Waals surface area contributed by atoms with E-state index in [-0.39, 0.29) is 5.91 Å². The summed E-state index contributed by atoms with van der Waals surface area (Å²) in [6.45, 7) is 2.75. The molecule has 0 unspecified atom stereocenters. The van der Waals surface area contributed by atoms with E-state index in [2.05, 4.69) is 25.6 Å². The average Bonchev–Trinajstić information content (AvgIpc) is 2.66. The van der Waals surface area contributed by atoms with E-state index >= 15 is 0 Å². The molecule has 0 saturated carbocycles. The maximum Gasteiger partial charge on any atom is 0.270 e. The van der Waals surface area contributed by atoms with Crippen molar-refractivity contribution < 1.29 is 4.79 Å². The zero-order valence-electron chi connectivity index (χ0n) is 14.2. The summed E-state index contributed by atoms with van der Waals surface area (Å²) in [6, 6.07) is 12.9. The number of aromatic nitrogens is 3. The fourth-order valence-corrected chi connectivity index (χ4v) is 2.47. The number of hydrogen-bond donors (Lipinski definition) is 2. The van der Waals surface area contributed by atoms with Gasteiger partial charge in [-0.1, -0.05) is 23.7 Å². The SMILES string of the molecule is Cc1nc(NCc2ccc(Cl)cc2)cc(C(=O)NCc2ccncc2)n1. The smallest absolute Gasteiger partial charge is 0.270 e. The summed E-state index contributed by atoms with van der Waals surface area (Å²) in [7, 11) is 0. The van der Waals surface area contributed by atoms with E-state index in [1.54, 1.807) is 25.4 Å². The quantitative estimate of drug-likeness (QED) is 0.698. The number of aryl methyl sites for hydroxylation is 1. The molecule has 2 aromatic heterocycles. The summed E-state index contributed by atoms with van der Waals surface area (Å²) in [5, 5.41) is 6.75. The average molecular weight is 368 g/mol. The third-order valence-corrected chi connectivity index (χ3v) is 3.91. The van der Waals surface area contributed by atoms with Gasteiger partial charge in [-0.25, -0.2) is 9.97 Å². The number of carbonyl (C=O) groups is 1. The van der Waals surface area contributed by atoms with Crippen molar-refractivity contribution in [1.82, 2.24) is 20.3 Å². The molecule has 3 rings (SSSR count). The number of carbonyl (C=O) groups excluding carboxylic acids is 1. The van der Waals surface area contributed by atoms with Crippen molar-refractivity contribution >= 4 is 23.3 Å². The zero-order valence-corrected chi connectivity index (χ0v) is 15.0. The Morgan fingerprint density at radius 2 is 1.69 bits per heavy atom. The molecule has 2 heterocycles. The third kappa shape index (κ3) is 5.00. The first kappa shape index (κ1) is 17.8. The van der Waals surface area contributed by atoms with Gasteiger partial charge in [-0.3, -0.25) is 9.78 Å². The van der Waals surface area contributed by atoms with Crippen molar-refractivity contribution in [3.63, 3.8) is 0 Å². The number of rotatable bonds is 6. The second-order valence-corrected chi connectivity index (χ2v) is 6.14. The van der Waals surface area contributed by atoms with E-state index in [9.17, 15) is 4.79 Å². The molecule has 0 aliphatic rings. The van der Waals surface area contributed by atoms with Crippen LogP contribution in [0.5, 0.6) is 0 Å². The molecule has 0 spiro atoms. The second-order valence-electron chi connectivity index (χ2n) is 5.70. The van der Waals surface area contributed by atoms with Crippen LogP contribution in [-0.4, -0.2) is 20.9 Å². The fourth-order valence-electron chi connectivity index (χ4n) is 2.34. The molecule has 3 aromatic rings. The van der Waals surface area contributed by atoms with E-state index in [0.717, 1.165) is 11.1 Å². The Kier molecular flexibility index (Phi) is 5.76. The van der Waals surface area contributed by atoms with Crippen LogP contribution < -0.4 is 10.6 Å². The largest absolute Gasteiger partial charge is 0.366 e. The van der Waals surface area contributed by atoms with Gasteiger partial charge in [-0.05, 0) is 42.3 Å². The summed E-state index contributed by atoms with van der Waals surface area (Å²) in [6.07, 6.45) is 3.38. The molecule has 0 fully saturated rings. The molecule has 0 aliphatic carbocycles. The maximum atomic E-state index is 12.4. The molecule has 6 nitrogen and oxygen atoms in total. The van der Waals surface area contributed by atoms with Crippen molar-refractivity contribution in [3.05, 3.63) is 82.5 Å². The Morgan fingerprint density at radius 3 is 2.42 bits per heavy atom. The van der Waals surface area contributed by atoms with Gasteiger partial charge in [0, 0.05) is 36.6 Å². The van der Waals surface area contributed by atoms with Gasteiger partial charge < -0.3 is 10.6 Å².